The third-order valence-corrected chi connectivity index (χ3v) is 4.95. The van der Waals surface area contributed by atoms with Gasteiger partial charge in [0.05, 0.1) is 24.4 Å². The van der Waals surface area contributed by atoms with Gasteiger partial charge in [0.25, 0.3) is 0 Å². The quantitative estimate of drug-likeness (QED) is 0.644. The van der Waals surface area contributed by atoms with Gasteiger partial charge in [0.1, 0.15) is 5.75 Å². The average Bonchev–Trinajstić information content (AvgIpc) is 3.22. The summed E-state index contributed by atoms with van der Waals surface area (Å²) in [5.74, 6) is 5.99. The molecule has 0 saturated carbocycles. The summed E-state index contributed by atoms with van der Waals surface area (Å²) in [7, 11) is 3.34. The molecule has 5 heteroatoms. The summed E-state index contributed by atoms with van der Waals surface area (Å²) in [4.78, 5) is 14.9. The highest BCUT2D eigenvalue weighted by Gasteiger charge is 2.11. The number of methoxy groups -OCH3 is 1. The van der Waals surface area contributed by atoms with Gasteiger partial charge in [0, 0.05) is 28.8 Å². The van der Waals surface area contributed by atoms with Gasteiger partial charge in [0.15, 0.2) is 0 Å². The van der Waals surface area contributed by atoms with Crippen molar-refractivity contribution in [1.82, 2.24) is 0 Å². The Morgan fingerprint density at radius 3 is 2.37 bits per heavy atom. The van der Waals surface area contributed by atoms with Gasteiger partial charge < -0.3 is 9.64 Å². The van der Waals surface area contributed by atoms with Crippen LogP contribution in [0.2, 0.25) is 0 Å². The summed E-state index contributed by atoms with van der Waals surface area (Å²) in [5.41, 5.74) is 3.12. The van der Waals surface area contributed by atoms with E-state index in [1.54, 1.807) is 49.8 Å². The molecule has 4 nitrogen and oxygen atoms in total. The summed E-state index contributed by atoms with van der Waals surface area (Å²) in [5, 5.41) is 10.7. The van der Waals surface area contributed by atoms with Gasteiger partial charge >= 0.3 is 5.91 Å². The highest BCUT2D eigenvalue weighted by Crippen LogP contribution is 2.32. The molecule has 0 radical (unpaired) electrons. The van der Waals surface area contributed by atoms with E-state index >= 15 is 0 Å². The van der Waals surface area contributed by atoms with E-state index in [-0.39, 0.29) is 5.91 Å². The van der Waals surface area contributed by atoms with Crippen LogP contribution in [0.4, 0.5) is 5.69 Å². The topological polar surface area (TPSA) is 53.3 Å². The second-order valence-corrected chi connectivity index (χ2v) is 6.61. The molecule has 3 rings (SSSR count). The first kappa shape index (κ1) is 18.3. The molecule has 0 aliphatic carbocycles. The largest absolute Gasteiger partial charge is 0.497 e. The van der Waals surface area contributed by atoms with Crippen LogP contribution in [0.5, 0.6) is 5.75 Å². The van der Waals surface area contributed by atoms with Crippen LogP contribution in [0.15, 0.2) is 60.0 Å². The molecule has 132 valence electrons. The van der Waals surface area contributed by atoms with Crippen molar-refractivity contribution in [2.75, 3.05) is 19.1 Å². The Hall–Kier alpha value is -3.54. The number of nitrogens with zero attached hydrogens (tertiary/aromatic N) is 2. The van der Waals surface area contributed by atoms with Gasteiger partial charge in [-0.1, -0.05) is 5.92 Å². The van der Waals surface area contributed by atoms with E-state index in [1.807, 2.05) is 35.7 Å². The van der Waals surface area contributed by atoms with Crippen molar-refractivity contribution in [3.63, 3.8) is 0 Å². The second kappa shape index (κ2) is 8.23. The number of benzene rings is 2. The SMILES string of the molecule is COc1ccc(-c2cc(N(C)C(=O)C#Cc3ccc(C#N)cc3)cs2)cc1. The lowest BCUT2D eigenvalue weighted by atomic mass is 10.1. The van der Waals surface area contributed by atoms with Crippen molar-refractivity contribution in [2.45, 2.75) is 0 Å². The standard InChI is InChI=1S/C22H16N2O2S/c1-24(22(25)12-7-16-3-5-17(14-23)6-4-16)19-13-21(27-15-19)18-8-10-20(26-2)11-9-18/h3-6,8-11,13,15H,1-2H3. The number of thiophene rings is 1. The lowest BCUT2D eigenvalue weighted by molar-refractivity contribution is -0.113. The van der Waals surface area contributed by atoms with Crippen molar-refractivity contribution in [3.05, 3.63) is 71.1 Å². The number of anilines is 1. The molecule has 1 heterocycles. The predicted molar refractivity (Wildman–Crippen MR) is 108 cm³/mol. The molecule has 0 spiro atoms. The summed E-state index contributed by atoms with van der Waals surface area (Å²) < 4.78 is 5.18. The lowest BCUT2D eigenvalue weighted by Gasteiger charge is -2.10. The summed E-state index contributed by atoms with van der Waals surface area (Å²) in [6.45, 7) is 0. The van der Waals surface area contributed by atoms with Crippen LogP contribution in [-0.4, -0.2) is 20.1 Å². The molecular weight excluding hydrogens is 356 g/mol. The fourth-order valence-electron chi connectivity index (χ4n) is 2.36. The average molecular weight is 372 g/mol. The van der Waals surface area contributed by atoms with Crippen molar-refractivity contribution < 1.29 is 9.53 Å². The number of carbonyl (C=O) groups is 1. The Morgan fingerprint density at radius 2 is 1.74 bits per heavy atom. The Balaban J connectivity index is 1.73. The minimum Gasteiger partial charge on any atom is -0.497 e. The normalized spacial score (nSPS) is 9.67. The number of hydrogen-bond donors (Lipinski definition) is 0. The van der Waals surface area contributed by atoms with E-state index in [9.17, 15) is 4.79 Å². The van der Waals surface area contributed by atoms with Crippen LogP contribution in [0.25, 0.3) is 10.4 Å². The summed E-state index contributed by atoms with van der Waals surface area (Å²) >= 11 is 1.57. The molecule has 0 fully saturated rings. The zero-order valence-electron chi connectivity index (χ0n) is 14.9. The van der Waals surface area contributed by atoms with Gasteiger partial charge in [0.2, 0.25) is 0 Å². The van der Waals surface area contributed by atoms with E-state index in [4.69, 9.17) is 10.00 Å². The maximum absolute atomic E-state index is 12.4. The molecule has 0 aliphatic rings. The smallest absolute Gasteiger partial charge is 0.303 e. The first-order chi connectivity index (χ1) is 13.1. The molecular formula is C22H16N2O2S. The van der Waals surface area contributed by atoms with Crippen LogP contribution in [0.3, 0.4) is 0 Å². The molecule has 0 aliphatic heterocycles. The molecule has 3 aromatic rings. The molecule has 1 aromatic heterocycles. The van der Waals surface area contributed by atoms with Gasteiger partial charge in [-0.05, 0) is 60.2 Å². The molecule has 0 saturated heterocycles. The van der Waals surface area contributed by atoms with Crippen LogP contribution >= 0.6 is 11.3 Å². The minimum atomic E-state index is -0.293. The van der Waals surface area contributed by atoms with Crippen molar-refractivity contribution >= 4 is 22.9 Å². The monoisotopic (exact) mass is 372 g/mol. The van der Waals surface area contributed by atoms with Gasteiger partial charge in [-0.2, -0.15) is 5.26 Å². The highest BCUT2D eigenvalue weighted by molar-refractivity contribution is 7.14. The fraction of sp³-hybridized carbons (Fsp3) is 0.0909. The maximum atomic E-state index is 12.4. The van der Waals surface area contributed by atoms with Crippen molar-refractivity contribution in [2.24, 2.45) is 0 Å². The first-order valence-corrected chi connectivity index (χ1v) is 9.01. The Morgan fingerprint density at radius 1 is 1.07 bits per heavy atom. The number of hydrogen-bond acceptors (Lipinski definition) is 4. The minimum absolute atomic E-state index is 0.293. The van der Waals surface area contributed by atoms with Gasteiger partial charge in [-0.25, -0.2) is 0 Å². The molecule has 0 bridgehead atoms. The van der Waals surface area contributed by atoms with E-state index in [2.05, 4.69) is 17.9 Å². The second-order valence-electron chi connectivity index (χ2n) is 5.70. The molecule has 0 unspecified atom stereocenters. The van der Waals surface area contributed by atoms with Crippen LogP contribution < -0.4 is 9.64 Å². The number of ether oxygens (including phenoxy) is 1. The fourth-order valence-corrected chi connectivity index (χ4v) is 3.30. The number of rotatable bonds is 3. The lowest BCUT2D eigenvalue weighted by Crippen LogP contribution is -2.23. The Bertz CT molecular complexity index is 1050. The number of amides is 1. The molecule has 1 amide bonds. The zero-order valence-corrected chi connectivity index (χ0v) is 15.7. The Kier molecular flexibility index (Phi) is 5.56. The van der Waals surface area contributed by atoms with E-state index < -0.39 is 0 Å². The van der Waals surface area contributed by atoms with E-state index in [0.29, 0.717) is 11.1 Å². The zero-order chi connectivity index (χ0) is 19.2. The van der Waals surface area contributed by atoms with E-state index in [1.165, 1.54) is 4.90 Å². The summed E-state index contributed by atoms with van der Waals surface area (Å²) in [6, 6.07) is 18.6. The van der Waals surface area contributed by atoms with Crippen LogP contribution in [-0.2, 0) is 4.79 Å². The van der Waals surface area contributed by atoms with Crippen LogP contribution in [0.1, 0.15) is 11.1 Å². The van der Waals surface area contributed by atoms with Crippen LogP contribution in [0, 0.1) is 23.2 Å². The molecule has 2 aromatic carbocycles. The predicted octanol–water partition coefficient (Wildman–Crippen LogP) is 4.31. The summed E-state index contributed by atoms with van der Waals surface area (Å²) in [6.07, 6.45) is 0. The number of nitriles is 1. The third-order valence-electron chi connectivity index (χ3n) is 3.98. The number of carbonyl (C=O) groups excluding carboxylic acids is 1. The third kappa shape index (κ3) is 4.36. The molecule has 0 atom stereocenters. The van der Waals surface area contributed by atoms with E-state index in [0.717, 1.165) is 21.9 Å². The van der Waals surface area contributed by atoms with Gasteiger partial charge in [-0.15, -0.1) is 11.3 Å². The maximum Gasteiger partial charge on any atom is 0.303 e. The van der Waals surface area contributed by atoms with Crippen molar-refractivity contribution in [1.29, 1.82) is 5.26 Å². The van der Waals surface area contributed by atoms with Crippen molar-refractivity contribution in [3.8, 4) is 34.1 Å². The van der Waals surface area contributed by atoms with Gasteiger partial charge in [-0.3, -0.25) is 4.79 Å². The highest BCUT2D eigenvalue weighted by atomic mass is 32.1. The molecule has 0 N–H and O–H groups in total. The molecule has 27 heavy (non-hydrogen) atoms. The first-order valence-electron chi connectivity index (χ1n) is 8.13. The Labute approximate surface area is 162 Å².